The quantitative estimate of drug-likeness (QED) is 0.827. The van der Waals surface area contributed by atoms with Crippen molar-refractivity contribution in [2.24, 2.45) is 5.92 Å². The number of hydrogen-bond acceptors (Lipinski definition) is 2. The lowest BCUT2D eigenvalue weighted by Gasteiger charge is -2.45. The molecule has 3 unspecified atom stereocenters. The van der Waals surface area contributed by atoms with Crippen LogP contribution in [0.3, 0.4) is 0 Å². The van der Waals surface area contributed by atoms with E-state index in [0.717, 1.165) is 45.3 Å². The molecule has 3 heteroatoms. The zero-order valence-electron chi connectivity index (χ0n) is 12.0. The average molecular weight is 269 g/mol. The van der Waals surface area contributed by atoms with E-state index >= 15 is 0 Å². The van der Waals surface area contributed by atoms with Gasteiger partial charge in [-0.1, -0.05) is 25.7 Å². The molecule has 2 aliphatic heterocycles. The van der Waals surface area contributed by atoms with Gasteiger partial charge < -0.3 is 10.1 Å². The van der Waals surface area contributed by atoms with Crippen LogP contribution >= 0.6 is 0 Å². The van der Waals surface area contributed by atoms with Crippen LogP contribution in [0.5, 0.6) is 0 Å². The molecule has 1 saturated carbocycles. The third kappa shape index (κ3) is 3.13. The van der Waals surface area contributed by atoms with Crippen molar-refractivity contribution >= 4 is 0 Å². The van der Waals surface area contributed by atoms with E-state index in [1.54, 1.807) is 0 Å². The Morgan fingerprint density at radius 3 is 2.63 bits per heavy atom. The van der Waals surface area contributed by atoms with E-state index in [1.807, 2.05) is 0 Å². The van der Waals surface area contributed by atoms with Gasteiger partial charge in [0.15, 0.2) is 0 Å². The predicted molar refractivity (Wildman–Crippen MR) is 75.0 cm³/mol. The van der Waals surface area contributed by atoms with Crippen LogP contribution in [0.2, 0.25) is 0 Å². The lowest BCUT2D eigenvalue weighted by Crippen LogP contribution is -2.49. The smallest absolute Gasteiger partial charge is 0.118 e. The van der Waals surface area contributed by atoms with Crippen LogP contribution in [0.1, 0.15) is 64.2 Å². The molecule has 3 rings (SSSR count). The molecule has 3 aliphatic rings. The summed E-state index contributed by atoms with van der Waals surface area (Å²) in [7, 11) is 0. The highest BCUT2D eigenvalue weighted by Crippen LogP contribution is 2.42. The summed E-state index contributed by atoms with van der Waals surface area (Å²) in [5.41, 5.74) is 0.0418. The van der Waals surface area contributed by atoms with E-state index in [2.05, 4.69) is 5.32 Å². The van der Waals surface area contributed by atoms with Gasteiger partial charge >= 0.3 is 0 Å². The van der Waals surface area contributed by atoms with Gasteiger partial charge in [0.1, 0.15) is 6.17 Å². The van der Waals surface area contributed by atoms with Crippen molar-refractivity contribution in [1.82, 2.24) is 5.32 Å². The number of hydrogen-bond donors (Lipinski definition) is 1. The van der Waals surface area contributed by atoms with Gasteiger partial charge in [0.25, 0.3) is 0 Å². The zero-order valence-corrected chi connectivity index (χ0v) is 12.0. The third-order valence-corrected chi connectivity index (χ3v) is 5.48. The van der Waals surface area contributed by atoms with Gasteiger partial charge in [-0.2, -0.15) is 0 Å². The molecule has 0 aromatic carbocycles. The maximum atomic E-state index is 14.8. The SMILES string of the molecule is FC(C1CCOC2(CCCCC2)C1)C1CCCCN1. The first kappa shape index (κ1) is 13.8. The number of halogens is 1. The second kappa shape index (κ2) is 6.09. The Morgan fingerprint density at radius 2 is 1.89 bits per heavy atom. The van der Waals surface area contributed by atoms with Gasteiger partial charge in [-0.05, 0) is 51.0 Å². The molecule has 1 aliphatic carbocycles. The van der Waals surface area contributed by atoms with Crippen molar-refractivity contribution in [3.8, 4) is 0 Å². The van der Waals surface area contributed by atoms with Gasteiger partial charge in [0.05, 0.1) is 5.60 Å². The molecule has 1 spiro atoms. The summed E-state index contributed by atoms with van der Waals surface area (Å²) in [5.74, 6) is 0.224. The number of piperidine rings is 1. The summed E-state index contributed by atoms with van der Waals surface area (Å²) in [6.07, 6.45) is 10.8. The Hall–Kier alpha value is -0.150. The molecule has 0 radical (unpaired) electrons. The van der Waals surface area contributed by atoms with Crippen LogP contribution in [-0.4, -0.2) is 31.0 Å². The first-order valence-electron chi connectivity index (χ1n) is 8.31. The molecule has 2 nitrogen and oxygen atoms in total. The Balaban J connectivity index is 1.60. The summed E-state index contributed by atoms with van der Waals surface area (Å²) in [4.78, 5) is 0. The Morgan fingerprint density at radius 1 is 1.05 bits per heavy atom. The molecule has 3 fully saturated rings. The van der Waals surface area contributed by atoms with Crippen LogP contribution in [-0.2, 0) is 4.74 Å². The second-order valence-corrected chi connectivity index (χ2v) is 6.85. The number of nitrogens with one attached hydrogen (secondary N) is 1. The van der Waals surface area contributed by atoms with Gasteiger partial charge in [0.2, 0.25) is 0 Å². The Kier molecular flexibility index (Phi) is 4.43. The van der Waals surface area contributed by atoms with Crippen molar-refractivity contribution in [3.05, 3.63) is 0 Å². The minimum Gasteiger partial charge on any atom is -0.375 e. The van der Waals surface area contributed by atoms with E-state index in [9.17, 15) is 4.39 Å². The van der Waals surface area contributed by atoms with Crippen LogP contribution in [0.25, 0.3) is 0 Å². The molecule has 0 aromatic heterocycles. The fourth-order valence-electron chi connectivity index (χ4n) is 4.36. The monoisotopic (exact) mass is 269 g/mol. The van der Waals surface area contributed by atoms with E-state index in [4.69, 9.17) is 4.74 Å². The summed E-state index contributed by atoms with van der Waals surface area (Å²) < 4.78 is 20.9. The maximum Gasteiger partial charge on any atom is 0.118 e. The van der Waals surface area contributed by atoms with Gasteiger partial charge in [-0.3, -0.25) is 0 Å². The standard InChI is InChI=1S/C16H28FNO/c17-15(14-6-2-5-10-18-14)13-7-11-19-16(12-13)8-3-1-4-9-16/h13-15,18H,1-12H2. The molecule has 3 atom stereocenters. The van der Waals surface area contributed by atoms with Crippen LogP contribution in [0, 0.1) is 5.92 Å². The van der Waals surface area contributed by atoms with E-state index in [-0.39, 0.29) is 17.6 Å². The molecule has 0 aromatic rings. The predicted octanol–water partition coefficient (Wildman–Crippen LogP) is 3.60. The molecule has 2 saturated heterocycles. The summed E-state index contributed by atoms with van der Waals surface area (Å²) >= 11 is 0. The highest BCUT2D eigenvalue weighted by molar-refractivity contribution is 4.94. The molecular weight excluding hydrogens is 241 g/mol. The van der Waals surface area contributed by atoms with Crippen molar-refractivity contribution in [1.29, 1.82) is 0 Å². The number of alkyl halides is 1. The molecule has 19 heavy (non-hydrogen) atoms. The second-order valence-electron chi connectivity index (χ2n) is 6.85. The normalized spacial score (nSPS) is 37.1. The van der Waals surface area contributed by atoms with Crippen molar-refractivity contribution in [3.63, 3.8) is 0 Å². The fraction of sp³-hybridized carbons (Fsp3) is 1.00. The van der Waals surface area contributed by atoms with Crippen molar-refractivity contribution in [2.45, 2.75) is 82.0 Å². The summed E-state index contributed by atoms with van der Waals surface area (Å²) in [6, 6.07) is 0.109. The lowest BCUT2D eigenvalue weighted by atomic mass is 9.73. The Labute approximate surface area is 116 Å². The summed E-state index contributed by atoms with van der Waals surface area (Å²) in [5, 5.41) is 3.39. The maximum absolute atomic E-state index is 14.8. The van der Waals surface area contributed by atoms with E-state index in [1.165, 1.54) is 32.1 Å². The average Bonchev–Trinajstić information content (AvgIpc) is 2.48. The van der Waals surface area contributed by atoms with Crippen molar-refractivity contribution < 1.29 is 9.13 Å². The molecule has 2 heterocycles. The van der Waals surface area contributed by atoms with Crippen LogP contribution in [0.15, 0.2) is 0 Å². The minimum atomic E-state index is -0.664. The highest BCUT2D eigenvalue weighted by Gasteiger charge is 2.42. The Bertz CT molecular complexity index is 279. The van der Waals surface area contributed by atoms with Crippen LogP contribution < -0.4 is 5.32 Å². The molecule has 0 bridgehead atoms. The first-order valence-corrected chi connectivity index (χ1v) is 8.31. The lowest BCUT2D eigenvalue weighted by molar-refractivity contribution is -0.129. The molecular formula is C16H28FNO. The summed E-state index contributed by atoms with van der Waals surface area (Å²) in [6.45, 7) is 1.78. The molecule has 0 amide bonds. The molecule has 110 valence electrons. The minimum absolute atomic E-state index is 0.0418. The molecule has 1 N–H and O–H groups in total. The highest BCUT2D eigenvalue weighted by atomic mass is 19.1. The first-order chi connectivity index (χ1) is 9.29. The fourth-order valence-corrected chi connectivity index (χ4v) is 4.36. The van der Waals surface area contributed by atoms with Gasteiger partial charge in [-0.15, -0.1) is 0 Å². The van der Waals surface area contributed by atoms with Crippen molar-refractivity contribution in [2.75, 3.05) is 13.2 Å². The zero-order chi connectivity index (χ0) is 13.1. The number of ether oxygens (including phenoxy) is 1. The number of rotatable bonds is 2. The third-order valence-electron chi connectivity index (χ3n) is 5.48. The van der Waals surface area contributed by atoms with Crippen LogP contribution in [0.4, 0.5) is 4.39 Å². The van der Waals surface area contributed by atoms with E-state index in [0.29, 0.717) is 0 Å². The van der Waals surface area contributed by atoms with Gasteiger partial charge in [-0.25, -0.2) is 4.39 Å². The van der Waals surface area contributed by atoms with Gasteiger partial charge in [0, 0.05) is 12.6 Å². The largest absolute Gasteiger partial charge is 0.375 e. The van der Waals surface area contributed by atoms with E-state index < -0.39 is 6.17 Å². The topological polar surface area (TPSA) is 21.3 Å².